The molecular weight excluding hydrogens is 253 g/mol. The van der Waals surface area contributed by atoms with E-state index >= 15 is 0 Å². The van der Waals surface area contributed by atoms with E-state index in [0.29, 0.717) is 30.5 Å². The fraction of sp³-hybridized carbons (Fsp3) is 0.200. The van der Waals surface area contributed by atoms with Gasteiger partial charge in [-0.05, 0) is 29.1 Å². The lowest BCUT2D eigenvalue weighted by molar-refractivity contribution is 0.0983. The van der Waals surface area contributed by atoms with E-state index in [-0.39, 0.29) is 5.78 Å². The number of aromatic nitrogens is 1. The SMILES string of the molecule is O=C(CCc1cccnc1)c1ccc2c(c1)B(O)OC2. The predicted molar refractivity (Wildman–Crippen MR) is 75.7 cm³/mol. The fourth-order valence-electron chi connectivity index (χ4n) is 2.34. The number of hydrogen-bond donors (Lipinski definition) is 1. The Hall–Kier alpha value is -1.98. The Bertz CT molecular complexity index is 630. The van der Waals surface area contributed by atoms with Crippen LogP contribution in [-0.4, -0.2) is 22.9 Å². The summed E-state index contributed by atoms with van der Waals surface area (Å²) in [6, 6.07) is 9.21. The first-order valence-electron chi connectivity index (χ1n) is 6.58. The highest BCUT2D eigenvalue weighted by Gasteiger charge is 2.27. The van der Waals surface area contributed by atoms with Crippen LogP contribution in [0.15, 0.2) is 42.7 Å². The van der Waals surface area contributed by atoms with Gasteiger partial charge in [0.15, 0.2) is 5.78 Å². The Morgan fingerprint density at radius 3 is 3.10 bits per heavy atom. The third-order valence-electron chi connectivity index (χ3n) is 3.49. The number of fused-ring (bicyclic) bond motifs is 1. The third-order valence-corrected chi connectivity index (χ3v) is 3.49. The average Bonchev–Trinajstić information content (AvgIpc) is 2.87. The van der Waals surface area contributed by atoms with Crippen LogP contribution < -0.4 is 5.46 Å². The van der Waals surface area contributed by atoms with Crippen LogP contribution in [0.2, 0.25) is 0 Å². The zero-order chi connectivity index (χ0) is 13.9. The van der Waals surface area contributed by atoms with E-state index in [1.54, 1.807) is 24.5 Å². The average molecular weight is 267 g/mol. The molecule has 0 saturated heterocycles. The second-order valence-corrected chi connectivity index (χ2v) is 4.86. The summed E-state index contributed by atoms with van der Waals surface area (Å²) in [4.78, 5) is 16.2. The van der Waals surface area contributed by atoms with Crippen molar-refractivity contribution in [3.8, 4) is 0 Å². The lowest BCUT2D eigenvalue weighted by Gasteiger charge is -2.04. The standard InChI is InChI=1S/C15H14BNO3/c18-15(6-3-11-2-1-7-17-9-11)12-4-5-13-10-20-16(19)14(13)8-12/h1-2,4-5,7-9,19H,3,6,10H2. The van der Waals surface area contributed by atoms with E-state index in [0.717, 1.165) is 11.1 Å². The molecule has 0 bridgehead atoms. The Labute approximate surface area is 117 Å². The molecule has 1 aliphatic rings. The van der Waals surface area contributed by atoms with Crippen molar-refractivity contribution < 1.29 is 14.5 Å². The van der Waals surface area contributed by atoms with Crippen molar-refractivity contribution in [2.45, 2.75) is 19.4 Å². The maximum Gasteiger partial charge on any atom is 0.491 e. The highest BCUT2D eigenvalue weighted by Crippen LogP contribution is 2.13. The van der Waals surface area contributed by atoms with Gasteiger partial charge in [-0.1, -0.05) is 24.3 Å². The first kappa shape index (κ1) is 13.0. The molecule has 0 atom stereocenters. The van der Waals surface area contributed by atoms with Gasteiger partial charge in [0.2, 0.25) is 0 Å². The van der Waals surface area contributed by atoms with E-state index in [1.807, 2.05) is 18.2 Å². The highest BCUT2D eigenvalue weighted by atomic mass is 16.5. The smallest absolute Gasteiger partial charge is 0.423 e. The Morgan fingerprint density at radius 2 is 2.30 bits per heavy atom. The van der Waals surface area contributed by atoms with Gasteiger partial charge in [-0.15, -0.1) is 0 Å². The van der Waals surface area contributed by atoms with Crippen molar-refractivity contribution in [2.24, 2.45) is 0 Å². The van der Waals surface area contributed by atoms with Gasteiger partial charge in [-0.2, -0.15) is 0 Å². The first-order chi connectivity index (χ1) is 9.74. The van der Waals surface area contributed by atoms with Crippen LogP contribution in [0.4, 0.5) is 0 Å². The summed E-state index contributed by atoms with van der Waals surface area (Å²) < 4.78 is 5.12. The Kier molecular flexibility index (Phi) is 3.63. The number of pyridine rings is 1. The summed E-state index contributed by atoms with van der Waals surface area (Å²) in [6.45, 7) is 0.403. The molecule has 1 aliphatic heterocycles. The Morgan fingerprint density at radius 1 is 1.40 bits per heavy atom. The molecule has 1 N–H and O–H groups in total. The molecule has 0 unspecified atom stereocenters. The van der Waals surface area contributed by atoms with Crippen LogP contribution in [0.1, 0.15) is 27.9 Å². The van der Waals surface area contributed by atoms with E-state index in [1.165, 1.54) is 0 Å². The van der Waals surface area contributed by atoms with Crippen LogP contribution in [0.3, 0.4) is 0 Å². The minimum Gasteiger partial charge on any atom is -0.423 e. The number of nitrogens with zero attached hydrogens (tertiary/aromatic N) is 1. The quantitative estimate of drug-likeness (QED) is 0.666. The largest absolute Gasteiger partial charge is 0.491 e. The van der Waals surface area contributed by atoms with Crippen molar-refractivity contribution in [1.29, 1.82) is 0 Å². The molecule has 20 heavy (non-hydrogen) atoms. The van der Waals surface area contributed by atoms with Gasteiger partial charge in [0.1, 0.15) is 0 Å². The number of aryl methyl sites for hydroxylation is 1. The Balaban J connectivity index is 1.70. The molecular formula is C15H14BNO3. The van der Waals surface area contributed by atoms with E-state index < -0.39 is 7.12 Å². The summed E-state index contributed by atoms with van der Waals surface area (Å²) in [7, 11) is -0.906. The summed E-state index contributed by atoms with van der Waals surface area (Å²) in [5.41, 5.74) is 3.32. The van der Waals surface area contributed by atoms with Crippen molar-refractivity contribution >= 4 is 18.4 Å². The number of hydrogen-bond acceptors (Lipinski definition) is 4. The molecule has 0 saturated carbocycles. The summed E-state index contributed by atoms with van der Waals surface area (Å²) in [5.74, 6) is 0.0655. The second kappa shape index (κ2) is 5.57. The summed E-state index contributed by atoms with van der Waals surface area (Å²) in [6.07, 6.45) is 4.59. The predicted octanol–water partition coefficient (Wildman–Crippen LogP) is 1.11. The van der Waals surface area contributed by atoms with Gasteiger partial charge < -0.3 is 9.68 Å². The van der Waals surface area contributed by atoms with Gasteiger partial charge in [0.25, 0.3) is 0 Å². The number of carbonyl (C=O) groups excluding carboxylic acids is 1. The van der Waals surface area contributed by atoms with Crippen LogP contribution >= 0.6 is 0 Å². The van der Waals surface area contributed by atoms with Crippen molar-refractivity contribution in [3.05, 3.63) is 59.4 Å². The molecule has 100 valence electrons. The molecule has 1 aromatic heterocycles. The number of Topliss-reactive ketones (excluding diaryl/α,β-unsaturated/α-hetero) is 1. The molecule has 0 spiro atoms. The lowest BCUT2D eigenvalue weighted by Crippen LogP contribution is -2.28. The normalized spacial score (nSPS) is 13.3. The maximum atomic E-state index is 12.2. The number of ketones is 1. The summed E-state index contributed by atoms with van der Waals surface area (Å²) in [5, 5.41) is 9.65. The van der Waals surface area contributed by atoms with E-state index in [2.05, 4.69) is 4.98 Å². The molecule has 0 fully saturated rings. The van der Waals surface area contributed by atoms with Gasteiger partial charge in [0.05, 0.1) is 6.61 Å². The minimum atomic E-state index is -0.906. The van der Waals surface area contributed by atoms with Crippen molar-refractivity contribution in [3.63, 3.8) is 0 Å². The second-order valence-electron chi connectivity index (χ2n) is 4.86. The van der Waals surface area contributed by atoms with Crippen LogP contribution in [0, 0.1) is 0 Å². The van der Waals surface area contributed by atoms with Gasteiger partial charge >= 0.3 is 7.12 Å². The topological polar surface area (TPSA) is 59.4 Å². The lowest BCUT2D eigenvalue weighted by atomic mass is 9.78. The van der Waals surface area contributed by atoms with Crippen LogP contribution in [0.25, 0.3) is 0 Å². The molecule has 0 amide bonds. The minimum absolute atomic E-state index is 0.0655. The zero-order valence-corrected chi connectivity index (χ0v) is 11.0. The highest BCUT2D eigenvalue weighted by molar-refractivity contribution is 6.61. The van der Waals surface area contributed by atoms with Crippen molar-refractivity contribution in [1.82, 2.24) is 4.98 Å². The molecule has 5 heteroatoms. The monoisotopic (exact) mass is 267 g/mol. The van der Waals surface area contributed by atoms with Crippen molar-refractivity contribution in [2.75, 3.05) is 0 Å². The molecule has 1 aromatic carbocycles. The third kappa shape index (κ3) is 2.64. The number of benzene rings is 1. The van der Waals surface area contributed by atoms with Gasteiger partial charge in [-0.25, -0.2) is 0 Å². The number of carbonyl (C=O) groups is 1. The molecule has 2 heterocycles. The van der Waals surface area contributed by atoms with Gasteiger partial charge in [0, 0.05) is 24.4 Å². The summed E-state index contributed by atoms with van der Waals surface area (Å²) >= 11 is 0. The van der Waals surface area contributed by atoms with Crippen LogP contribution in [0.5, 0.6) is 0 Å². The molecule has 0 aliphatic carbocycles. The molecule has 3 rings (SSSR count). The number of rotatable bonds is 4. The molecule has 4 nitrogen and oxygen atoms in total. The van der Waals surface area contributed by atoms with E-state index in [9.17, 15) is 9.82 Å². The molecule has 2 aromatic rings. The fourth-order valence-corrected chi connectivity index (χ4v) is 2.34. The maximum absolute atomic E-state index is 12.2. The van der Waals surface area contributed by atoms with E-state index in [4.69, 9.17) is 4.65 Å². The van der Waals surface area contributed by atoms with Gasteiger partial charge in [-0.3, -0.25) is 9.78 Å². The zero-order valence-electron chi connectivity index (χ0n) is 11.0. The first-order valence-corrected chi connectivity index (χ1v) is 6.58. The van der Waals surface area contributed by atoms with Crippen LogP contribution in [-0.2, 0) is 17.7 Å². The molecule has 0 radical (unpaired) electrons.